The summed E-state index contributed by atoms with van der Waals surface area (Å²) in [5.74, 6) is -1.98. The maximum Gasteiger partial charge on any atom is 0.382 e. The van der Waals surface area contributed by atoms with E-state index in [2.05, 4.69) is 9.32 Å². The molecule has 0 heterocycles. The zero-order valence-corrected chi connectivity index (χ0v) is 7.54. The van der Waals surface area contributed by atoms with Crippen molar-refractivity contribution in [3.8, 4) is 0 Å². The summed E-state index contributed by atoms with van der Waals surface area (Å²) in [5, 5.41) is 13.3. The van der Waals surface area contributed by atoms with Crippen LogP contribution in [-0.2, 0) is 19.3 Å². The fraction of sp³-hybridized carbons (Fsp3) is 0.800. The summed E-state index contributed by atoms with van der Waals surface area (Å²) in [6, 6.07) is 0. The average molecular weight is 197 g/mol. The molecule has 0 aliphatic carbocycles. The molecular formula is C5H11NO5S. The van der Waals surface area contributed by atoms with Crippen LogP contribution in [0.3, 0.4) is 0 Å². The van der Waals surface area contributed by atoms with Gasteiger partial charge in [0.1, 0.15) is 0 Å². The molecule has 7 heteroatoms. The van der Waals surface area contributed by atoms with Crippen LogP contribution >= 0.6 is 0 Å². The maximum absolute atomic E-state index is 10.8. The second kappa shape index (κ2) is 3.83. The van der Waals surface area contributed by atoms with Gasteiger partial charge >= 0.3 is 16.3 Å². The molecular weight excluding hydrogens is 186 g/mol. The summed E-state index contributed by atoms with van der Waals surface area (Å²) in [4.78, 5) is 10.8. The van der Waals surface area contributed by atoms with Crippen LogP contribution in [0.2, 0.25) is 0 Å². The normalized spacial score (nSPS) is 16.7. The van der Waals surface area contributed by atoms with Gasteiger partial charge in [-0.1, -0.05) is 0 Å². The summed E-state index contributed by atoms with van der Waals surface area (Å²) >= 11 is 0. The van der Waals surface area contributed by atoms with E-state index in [4.69, 9.17) is 5.11 Å². The molecule has 0 bridgehead atoms. The first kappa shape index (κ1) is 11.3. The molecule has 0 aliphatic rings. The van der Waals surface area contributed by atoms with Crippen LogP contribution in [-0.4, -0.2) is 25.6 Å². The van der Waals surface area contributed by atoms with Gasteiger partial charge in [0, 0.05) is 0 Å². The molecule has 6 nitrogen and oxygen atoms in total. The molecule has 0 amide bonds. The van der Waals surface area contributed by atoms with Gasteiger partial charge in [0.15, 0.2) is 0 Å². The van der Waals surface area contributed by atoms with Crippen LogP contribution in [0.1, 0.15) is 13.8 Å². The molecule has 3 N–H and O–H groups in total. The Labute approximate surface area is 70.6 Å². The minimum atomic E-state index is -4.26. The molecule has 0 aromatic heterocycles. The van der Waals surface area contributed by atoms with Crippen molar-refractivity contribution < 1.29 is 22.5 Å². The minimum absolute atomic E-state index is 0.914. The number of hydrogen-bond donors (Lipinski definition) is 2. The molecule has 0 aromatic carbocycles. The van der Waals surface area contributed by atoms with Gasteiger partial charge in [0.2, 0.25) is 0 Å². The Balaban J connectivity index is 4.25. The number of aliphatic hydroxyl groups excluding tert-OH is 1. The van der Waals surface area contributed by atoms with Gasteiger partial charge < -0.3 is 9.29 Å². The molecule has 0 saturated heterocycles. The molecule has 0 spiro atoms. The summed E-state index contributed by atoms with van der Waals surface area (Å²) in [6.07, 6.45) is -0.973. The zero-order chi connectivity index (χ0) is 9.94. The standard InChI is InChI=1S/C5H11NO5S/c1-3(4(2)7)5(8)11-12(6,9)10/h3-4,7H,1-2H3,(H2,6,9,10)/t3-,4-/m0/s1. The molecule has 0 rings (SSSR count). The van der Waals surface area contributed by atoms with Crippen LogP contribution in [0, 0.1) is 5.92 Å². The molecule has 72 valence electrons. The Morgan fingerprint density at radius 1 is 1.50 bits per heavy atom. The summed E-state index contributed by atoms with van der Waals surface area (Å²) in [7, 11) is -4.26. The lowest BCUT2D eigenvalue weighted by Gasteiger charge is -2.11. The van der Waals surface area contributed by atoms with Crippen molar-refractivity contribution in [3.63, 3.8) is 0 Å². The highest BCUT2D eigenvalue weighted by Gasteiger charge is 2.23. The van der Waals surface area contributed by atoms with E-state index < -0.39 is 28.3 Å². The minimum Gasteiger partial charge on any atom is -0.393 e. The highest BCUT2D eigenvalue weighted by atomic mass is 32.2. The third-order valence-electron chi connectivity index (χ3n) is 1.29. The molecule has 0 radical (unpaired) electrons. The monoisotopic (exact) mass is 197 g/mol. The fourth-order valence-electron chi connectivity index (χ4n) is 0.387. The van der Waals surface area contributed by atoms with Gasteiger partial charge in [-0.25, -0.2) is 0 Å². The SMILES string of the molecule is C[C@H](O)[C@H](C)C(=O)OS(N)(=O)=O. The van der Waals surface area contributed by atoms with E-state index in [9.17, 15) is 13.2 Å². The lowest BCUT2D eigenvalue weighted by Crippen LogP contribution is -2.29. The maximum atomic E-state index is 10.8. The van der Waals surface area contributed by atoms with E-state index in [-0.39, 0.29) is 0 Å². The Morgan fingerprint density at radius 3 is 2.17 bits per heavy atom. The number of nitrogens with two attached hydrogens (primary N) is 1. The number of rotatable bonds is 3. The van der Waals surface area contributed by atoms with Crippen LogP contribution in [0.5, 0.6) is 0 Å². The van der Waals surface area contributed by atoms with Gasteiger partial charge in [0.25, 0.3) is 0 Å². The number of hydrogen-bond acceptors (Lipinski definition) is 5. The van der Waals surface area contributed by atoms with E-state index in [0.29, 0.717) is 0 Å². The van der Waals surface area contributed by atoms with Crippen molar-refractivity contribution in [2.45, 2.75) is 20.0 Å². The lowest BCUT2D eigenvalue weighted by molar-refractivity contribution is -0.140. The molecule has 0 saturated carbocycles. The fourth-order valence-corrected chi connectivity index (χ4v) is 0.768. The molecule has 12 heavy (non-hydrogen) atoms. The van der Waals surface area contributed by atoms with E-state index in [1.807, 2.05) is 0 Å². The third-order valence-corrected chi connectivity index (χ3v) is 1.69. The quantitative estimate of drug-likeness (QED) is 0.588. The van der Waals surface area contributed by atoms with Crippen molar-refractivity contribution in [1.29, 1.82) is 0 Å². The van der Waals surface area contributed by atoms with Crippen molar-refractivity contribution in [2.75, 3.05) is 0 Å². The number of aliphatic hydroxyl groups is 1. The van der Waals surface area contributed by atoms with Crippen LogP contribution in [0.4, 0.5) is 0 Å². The molecule has 0 aliphatic heterocycles. The van der Waals surface area contributed by atoms with E-state index in [1.54, 1.807) is 0 Å². The topological polar surface area (TPSA) is 107 Å². The van der Waals surface area contributed by atoms with Crippen molar-refractivity contribution in [1.82, 2.24) is 0 Å². The van der Waals surface area contributed by atoms with Crippen molar-refractivity contribution in [3.05, 3.63) is 0 Å². The van der Waals surface area contributed by atoms with Gasteiger partial charge in [-0.2, -0.15) is 13.6 Å². The number of carbonyl (C=O) groups excluding carboxylic acids is 1. The average Bonchev–Trinajstić information content (AvgIpc) is 1.82. The molecule has 0 aromatic rings. The summed E-state index contributed by atoms with van der Waals surface area (Å²) in [5.41, 5.74) is 0. The van der Waals surface area contributed by atoms with Gasteiger partial charge in [-0.05, 0) is 13.8 Å². The first-order valence-corrected chi connectivity index (χ1v) is 4.65. The van der Waals surface area contributed by atoms with Gasteiger partial charge in [0.05, 0.1) is 12.0 Å². The smallest absolute Gasteiger partial charge is 0.382 e. The first-order valence-electron chi connectivity index (χ1n) is 3.18. The summed E-state index contributed by atoms with van der Waals surface area (Å²) < 4.78 is 24.3. The highest BCUT2D eigenvalue weighted by Crippen LogP contribution is 2.05. The van der Waals surface area contributed by atoms with E-state index in [0.717, 1.165) is 0 Å². The largest absolute Gasteiger partial charge is 0.393 e. The van der Waals surface area contributed by atoms with E-state index in [1.165, 1.54) is 13.8 Å². The highest BCUT2D eigenvalue weighted by molar-refractivity contribution is 7.84. The van der Waals surface area contributed by atoms with Crippen LogP contribution in [0.25, 0.3) is 0 Å². The van der Waals surface area contributed by atoms with Gasteiger partial charge in [-0.3, -0.25) is 4.79 Å². The predicted octanol–water partition coefficient (Wildman–Crippen LogP) is -1.25. The van der Waals surface area contributed by atoms with Gasteiger partial charge in [-0.15, -0.1) is 0 Å². The Morgan fingerprint density at radius 2 is 1.92 bits per heavy atom. The van der Waals surface area contributed by atoms with E-state index >= 15 is 0 Å². The van der Waals surface area contributed by atoms with Crippen molar-refractivity contribution >= 4 is 16.3 Å². The first-order chi connectivity index (χ1) is 5.24. The Bertz CT molecular complexity index is 257. The Kier molecular flexibility index (Phi) is 3.62. The van der Waals surface area contributed by atoms with Crippen LogP contribution < -0.4 is 5.14 Å². The molecule has 0 unspecified atom stereocenters. The number of carbonyl (C=O) groups is 1. The molecule has 2 atom stereocenters. The third kappa shape index (κ3) is 4.27. The second-order valence-corrected chi connectivity index (χ2v) is 3.58. The second-order valence-electron chi connectivity index (χ2n) is 2.42. The predicted molar refractivity (Wildman–Crippen MR) is 40.0 cm³/mol. The zero-order valence-electron chi connectivity index (χ0n) is 6.72. The Hall–Kier alpha value is -0.660. The summed E-state index contributed by atoms with van der Waals surface area (Å²) in [6.45, 7) is 2.67. The molecule has 0 fully saturated rings. The lowest BCUT2D eigenvalue weighted by atomic mass is 10.1. The van der Waals surface area contributed by atoms with Crippen LogP contribution in [0.15, 0.2) is 0 Å². The van der Waals surface area contributed by atoms with Crippen molar-refractivity contribution in [2.24, 2.45) is 11.1 Å².